The molecular weight excluding hydrogens is 398 g/mol. The van der Waals surface area contributed by atoms with Gasteiger partial charge in [0, 0.05) is 11.9 Å². The van der Waals surface area contributed by atoms with Gasteiger partial charge in [-0.1, -0.05) is 0 Å². The summed E-state index contributed by atoms with van der Waals surface area (Å²) in [5, 5.41) is 11.0. The third-order valence-corrected chi connectivity index (χ3v) is 4.66. The molecule has 1 unspecified atom stereocenters. The van der Waals surface area contributed by atoms with Gasteiger partial charge in [0.25, 0.3) is 0 Å². The van der Waals surface area contributed by atoms with Gasteiger partial charge in [-0.25, -0.2) is 18.5 Å². The first-order chi connectivity index (χ1) is 11.2. The highest BCUT2D eigenvalue weighted by Gasteiger charge is 2.12. The van der Waals surface area contributed by atoms with Crippen LogP contribution in [0.5, 0.6) is 0 Å². The lowest BCUT2D eigenvalue weighted by atomic mass is 10.2. The fraction of sp³-hybridized carbons (Fsp3) is 0.214. The van der Waals surface area contributed by atoms with Crippen LogP contribution in [-0.2, 0) is 14.8 Å². The summed E-state index contributed by atoms with van der Waals surface area (Å²) in [5.74, 6) is 0.741. The summed E-state index contributed by atoms with van der Waals surface area (Å²) in [6.07, 6.45) is 1.54. The maximum absolute atomic E-state index is 11.4. The summed E-state index contributed by atoms with van der Waals surface area (Å²) >= 11 is 3.32. The molecule has 1 atom stereocenters. The van der Waals surface area contributed by atoms with Gasteiger partial charge in [0.2, 0.25) is 16.0 Å². The Bertz CT molecular complexity index is 855. The average molecular weight is 414 g/mol. The molecule has 1 aromatic heterocycles. The first kappa shape index (κ1) is 18.3. The summed E-state index contributed by atoms with van der Waals surface area (Å²) in [6, 6.07) is 5.48. The van der Waals surface area contributed by atoms with Crippen molar-refractivity contribution in [1.82, 2.24) is 9.97 Å². The van der Waals surface area contributed by atoms with E-state index in [1.807, 2.05) is 0 Å². The van der Waals surface area contributed by atoms with Crippen molar-refractivity contribution in [3.63, 3.8) is 0 Å². The van der Waals surface area contributed by atoms with Crippen LogP contribution in [0, 0.1) is 0 Å². The van der Waals surface area contributed by atoms with Crippen molar-refractivity contribution >= 4 is 49.2 Å². The number of Topliss-reactive ketones (excluding diaryl/α,β-unsaturated/α-hetero) is 1. The summed E-state index contributed by atoms with van der Waals surface area (Å²) in [7, 11) is -3.73. The Kier molecular flexibility index (Phi) is 5.52. The van der Waals surface area contributed by atoms with Gasteiger partial charge in [0.05, 0.1) is 15.4 Å². The van der Waals surface area contributed by atoms with Crippen LogP contribution in [0.2, 0.25) is 0 Å². The number of benzene rings is 1. The molecule has 0 spiro atoms. The zero-order valence-electron chi connectivity index (χ0n) is 12.9. The lowest BCUT2D eigenvalue weighted by Crippen LogP contribution is -2.24. The number of ketones is 1. The number of carbonyl (C=O) groups excluding carboxylic acids is 1. The van der Waals surface area contributed by atoms with Gasteiger partial charge in [-0.2, -0.15) is 4.98 Å². The molecule has 0 fully saturated rings. The topological polar surface area (TPSA) is 127 Å². The van der Waals surface area contributed by atoms with Crippen LogP contribution in [0.3, 0.4) is 0 Å². The fourth-order valence-electron chi connectivity index (χ4n) is 1.69. The maximum atomic E-state index is 11.4. The molecule has 0 radical (unpaired) electrons. The Labute approximate surface area is 148 Å². The van der Waals surface area contributed by atoms with Crippen molar-refractivity contribution in [2.24, 2.45) is 5.14 Å². The van der Waals surface area contributed by atoms with E-state index in [4.69, 9.17) is 5.14 Å². The quantitative estimate of drug-likeness (QED) is 0.660. The minimum atomic E-state index is -3.73. The van der Waals surface area contributed by atoms with E-state index in [-0.39, 0.29) is 10.7 Å². The molecule has 0 bridgehead atoms. The van der Waals surface area contributed by atoms with E-state index in [0.29, 0.717) is 21.9 Å². The van der Waals surface area contributed by atoms with E-state index in [1.165, 1.54) is 19.1 Å². The van der Waals surface area contributed by atoms with E-state index in [0.717, 1.165) is 0 Å². The van der Waals surface area contributed by atoms with E-state index in [2.05, 4.69) is 36.5 Å². The lowest BCUT2D eigenvalue weighted by molar-refractivity contribution is -0.117. The summed E-state index contributed by atoms with van der Waals surface area (Å²) in [4.78, 5) is 19.8. The number of nitrogens with one attached hydrogen (secondary N) is 2. The summed E-state index contributed by atoms with van der Waals surface area (Å²) in [6.45, 7) is 3.22. The van der Waals surface area contributed by atoms with Crippen LogP contribution in [0.4, 0.5) is 17.5 Å². The van der Waals surface area contributed by atoms with Crippen molar-refractivity contribution < 1.29 is 13.2 Å². The monoisotopic (exact) mass is 413 g/mol. The van der Waals surface area contributed by atoms with Gasteiger partial charge in [-0.15, -0.1) is 0 Å². The molecule has 2 aromatic rings. The highest BCUT2D eigenvalue weighted by molar-refractivity contribution is 9.10. The number of aromatic nitrogens is 2. The van der Waals surface area contributed by atoms with Crippen molar-refractivity contribution in [3.8, 4) is 0 Å². The smallest absolute Gasteiger partial charge is 0.238 e. The summed E-state index contributed by atoms with van der Waals surface area (Å²) < 4.78 is 23.1. The van der Waals surface area contributed by atoms with Gasteiger partial charge >= 0.3 is 0 Å². The second-order valence-corrected chi connectivity index (χ2v) is 7.48. The van der Waals surface area contributed by atoms with Crippen LogP contribution in [0.25, 0.3) is 0 Å². The van der Waals surface area contributed by atoms with Crippen molar-refractivity contribution in [2.75, 3.05) is 10.6 Å². The van der Waals surface area contributed by atoms with Crippen molar-refractivity contribution in [1.29, 1.82) is 0 Å². The SMILES string of the molecule is CC(=O)C(C)Nc1nc(Nc2ccc(S(N)(=O)=O)cc2)ncc1Br. The number of hydrogen-bond donors (Lipinski definition) is 3. The number of sulfonamides is 1. The molecule has 128 valence electrons. The second-order valence-electron chi connectivity index (χ2n) is 5.06. The van der Waals surface area contributed by atoms with Crippen LogP contribution >= 0.6 is 15.9 Å². The van der Waals surface area contributed by atoms with Crippen LogP contribution in [-0.4, -0.2) is 30.2 Å². The molecule has 1 heterocycles. The minimum Gasteiger partial charge on any atom is -0.359 e. The Morgan fingerprint density at radius 1 is 1.29 bits per heavy atom. The Morgan fingerprint density at radius 2 is 1.92 bits per heavy atom. The van der Waals surface area contributed by atoms with Crippen LogP contribution in [0.1, 0.15) is 13.8 Å². The number of nitrogens with zero attached hydrogens (tertiary/aromatic N) is 2. The molecular formula is C14H16BrN5O3S. The molecule has 8 nitrogen and oxygen atoms in total. The predicted octanol–water partition coefficient (Wildman–Crippen LogP) is 2.02. The van der Waals surface area contributed by atoms with Crippen LogP contribution in [0.15, 0.2) is 39.8 Å². The average Bonchev–Trinajstić information content (AvgIpc) is 2.50. The van der Waals surface area contributed by atoms with Crippen molar-refractivity contribution in [2.45, 2.75) is 24.8 Å². The van der Waals surface area contributed by atoms with E-state index < -0.39 is 16.1 Å². The van der Waals surface area contributed by atoms with Gasteiger partial charge < -0.3 is 10.6 Å². The fourth-order valence-corrected chi connectivity index (χ4v) is 2.51. The molecule has 0 aliphatic rings. The van der Waals surface area contributed by atoms with Gasteiger partial charge in [0.15, 0.2) is 5.78 Å². The first-order valence-electron chi connectivity index (χ1n) is 6.86. The highest BCUT2D eigenvalue weighted by Crippen LogP contribution is 2.23. The first-order valence-corrected chi connectivity index (χ1v) is 9.20. The third-order valence-electron chi connectivity index (χ3n) is 3.15. The number of primary sulfonamides is 1. The molecule has 1 aromatic carbocycles. The van der Waals surface area contributed by atoms with E-state index in [9.17, 15) is 13.2 Å². The van der Waals surface area contributed by atoms with Gasteiger partial charge in [-0.05, 0) is 54.0 Å². The van der Waals surface area contributed by atoms with Crippen molar-refractivity contribution in [3.05, 3.63) is 34.9 Å². The number of nitrogens with two attached hydrogens (primary N) is 1. The largest absolute Gasteiger partial charge is 0.359 e. The molecule has 4 N–H and O–H groups in total. The number of halogens is 1. The van der Waals surface area contributed by atoms with E-state index >= 15 is 0 Å². The molecule has 24 heavy (non-hydrogen) atoms. The third kappa shape index (κ3) is 4.73. The summed E-state index contributed by atoms with van der Waals surface area (Å²) in [5.41, 5.74) is 0.593. The molecule has 0 saturated carbocycles. The molecule has 0 aliphatic carbocycles. The maximum Gasteiger partial charge on any atom is 0.238 e. The molecule has 0 amide bonds. The predicted molar refractivity (Wildman–Crippen MR) is 94.6 cm³/mol. The zero-order chi connectivity index (χ0) is 17.9. The van der Waals surface area contributed by atoms with E-state index in [1.54, 1.807) is 25.3 Å². The molecule has 10 heteroatoms. The number of anilines is 3. The lowest BCUT2D eigenvalue weighted by Gasteiger charge is -2.13. The number of rotatable bonds is 6. The molecule has 2 rings (SSSR count). The second kappa shape index (κ2) is 7.24. The Balaban J connectivity index is 2.19. The number of hydrogen-bond acceptors (Lipinski definition) is 7. The normalized spacial score (nSPS) is 12.5. The Morgan fingerprint density at radius 3 is 2.46 bits per heavy atom. The Hall–Kier alpha value is -2.04. The number of carbonyl (C=O) groups is 1. The van der Waals surface area contributed by atoms with Gasteiger partial charge in [0.1, 0.15) is 5.82 Å². The zero-order valence-corrected chi connectivity index (χ0v) is 15.3. The molecule has 0 aliphatic heterocycles. The minimum absolute atomic E-state index is 0.0161. The standard InChI is InChI=1S/C14H16BrN5O3S/c1-8(9(2)21)18-13-12(15)7-17-14(20-13)19-10-3-5-11(6-4-10)24(16,22)23/h3-8H,1-2H3,(H2,16,22,23)(H2,17,18,19,20). The van der Waals surface area contributed by atoms with Crippen LogP contribution < -0.4 is 15.8 Å². The van der Waals surface area contributed by atoms with Gasteiger partial charge in [-0.3, -0.25) is 4.79 Å². The highest BCUT2D eigenvalue weighted by atomic mass is 79.9. The molecule has 0 saturated heterocycles.